The molecular formula is C23H23N3O2S2. The van der Waals surface area contributed by atoms with Gasteiger partial charge in [0.2, 0.25) is 0 Å². The van der Waals surface area contributed by atoms with Gasteiger partial charge in [-0.05, 0) is 56.1 Å². The largest absolute Gasteiger partial charge is 0.497 e. The molecule has 4 rings (SSSR count). The fourth-order valence-corrected chi connectivity index (χ4v) is 5.22. The number of thiazole rings is 1. The molecule has 1 amide bonds. The van der Waals surface area contributed by atoms with Crippen LogP contribution in [-0.4, -0.2) is 43.5 Å². The number of nitrogens with one attached hydrogen (secondary N) is 1. The molecule has 2 heterocycles. The molecule has 5 nitrogen and oxygen atoms in total. The summed E-state index contributed by atoms with van der Waals surface area (Å²) < 4.78 is 6.49. The Balaban J connectivity index is 1.47. The van der Waals surface area contributed by atoms with Crippen molar-refractivity contribution in [2.75, 3.05) is 27.7 Å². The van der Waals surface area contributed by atoms with Gasteiger partial charge in [0.25, 0.3) is 5.91 Å². The van der Waals surface area contributed by atoms with E-state index in [1.807, 2.05) is 62.6 Å². The molecule has 2 aromatic carbocycles. The Hall–Kier alpha value is -2.74. The molecule has 1 unspecified atom stereocenters. The summed E-state index contributed by atoms with van der Waals surface area (Å²) in [6.07, 6.45) is 0. The predicted octanol–water partition coefficient (Wildman–Crippen LogP) is 5.07. The molecule has 0 saturated heterocycles. The van der Waals surface area contributed by atoms with Crippen LogP contribution in [0.4, 0.5) is 0 Å². The minimum Gasteiger partial charge on any atom is -0.497 e. The van der Waals surface area contributed by atoms with Crippen LogP contribution in [0, 0.1) is 0 Å². The average molecular weight is 438 g/mol. The topological polar surface area (TPSA) is 54.5 Å². The third kappa shape index (κ3) is 4.38. The molecular weight excluding hydrogens is 414 g/mol. The fraction of sp³-hybridized carbons (Fsp3) is 0.217. The Bertz CT molecular complexity index is 1130. The molecule has 4 aromatic rings. The third-order valence-electron chi connectivity index (χ3n) is 4.89. The number of carbonyl (C=O) groups is 1. The number of methoxy groups -OCH3 is 1. The molecule has 0 spiro atoms. The lowest BCUT2D eigenvalue weighted by atomic mass is 10.1. The fourth-order valence-electron chi connectivity index (χ4n) is 3.28. The summed E-state index contributed by atoms with van der Waals surface area (Å²) in [4.78, 5) is 21.3. The number of benzene rings is 2. The van der Waals surface area contributed by atoms with Gasteiger partial charge in [-0.15, -0.1) is 22.7 Å². The first-order valence-corrected chi connectivity index (χ1v) is 11.2. The van der Waals surface area contributed by atoms with Crippen molar-refractivity contribution < 1.29 is 9.53 Å². The van der Waals surface area contributed by atoms with Gasteiger partial charge in [-0.1, -0.05) is 24.3 Å². The zero-order chi connectivity index (χ0) is 21.1. The van der Waals surface area contributed by atoms with E-state index in [0.717, 1.165) is 31.4 Å². The molecule has 0 bridgehead atoms. The SMILES string of the molecule is COc1cccc(C(CNC(=O)c2ccc(-c3nc4ccccc4s3)s2)N(C)C)c1. The highest BCUT2D eigenvalue weighted by Gasteiger charge is 2.18. The second-order valence-corrected chi connectivity index (χ2v) is 9.23. The highest BCUT2D eigenvalue weighted by molar-refractivity contribution is 7.26. The number of carbonyl (C=O) groups excluding carboxylic acids is 1. The van der Waals surface area contributed by atoms with Gasteiger partial charge in [-0.3, -0.25) is 4.79 Å². The van der Waals surface area contributed by atoms with Crippen molar-refractivity contribution in [3.05, 3.63) is 71.1 Å². The first-order valence-electron chi connectivity index (χ1n) is 9.59. The number of ether oxygens (including phenoxy) is 1. The maximum Gasteiger partial charge on any atom is 0.261 e. The maximum absolute atomic E-state index is 12.8. The first kappa shape index (κ1) is 20.5. The van der Waals surface area contributed by atoms with E-state index < -0.39 is 0 Å². The molecule has 1 N–H and O–H groups in total. The molecule has 30 heavy (non-hydrogen) atoms. The van der Waals surface area contributed by atoms with Crippen molar-refractivity contribution in [1.82, 2.24) is 15.2 Å². The van der Waals surface area contributed by atoms with Crippen LogP contribution in [0.3, 0.4) is 0 Å². The van der Waals surface area contributed by atoms with Crippen LogP contribution >= 0.6 is 22.7 Å². The van der Waals surface area contributed by atoms with Gasteiger partial charge in [0, 0.05) is 6.54 Å². The maximum atomic E-state index is 12.8. The standard InChI is InChI=1S/C23H23N3O2S2/c1-26(2)18(15-7-6-8-16(13-15)28-3)14-24-22(27)20-11-12-21(29-20)23-25-17-9-4-5-10-19(17)30-23/h4-13,18H,14H2,1-3H3,(H,24,27). The molecule has 0 aliphatic rings. The highest BCUT2D eigenvalue weighted by Crippen LogP contribution is 2.34. The molecule has 0 aliphatic carbocycles. The van der Waals surface area contributed by atoms with Crippen LogP contribution in [-0.2, 0) is 0 Å². The summed E-state index contributed by atoms with van der Waals surface area (Å²) in [7, 11) is 5.67. The van der Waals surface area contributed by atoms with E-state index in [4.69, 9.17) is 4.74 Å². The number of hydrogen-bond acceptors (Lipinski definition) is 6. The summed E-state index contributed by atoms with van der Waals surface area (Å²) in [5.41, 5.74) is 2.09. The van der Waals surface area contributed by atoms with Crippen molar-refractivity contribution in [2.24, 2.45) is 0 Å². The first-order chi connectivity index (χ1) is 14.5. The number of thiophene rings is 1. The Morgan fingerprint density at radius 3 is 2.70 bits per heavy atom. The van der Waals surface area contributed by atoms with Gasteiger partial charge in [0.1, 0.15) is 10.8 Å². The van der Waals surface area contributed by atoms with Crippen molar-refractivity contribution in [3.8, 4) is 15.6 Å². The average Bonchev–Trinajstić information content (AvgIpc) is 3.40. The van der Waals surface area contributed by atoms with Crippen LogP contribution < -0.4 is 10.1 Å². The van der Waals surface area contributed by atoms with Crippen molar-refractivity contribution in [3.63, 3.8) is 0 Å². The van der Waals surface area contributed by atoms with Crippen LogP contribution in [0.2, 0.25) is 0 Å². The van der Waals surface area contributed by atoms with E-state index in [1.54, 1.807) is 18.4 Å². The van der Waals surface area contributed by atoms with E-state index in [1.165, 1.54) is 11.3 Å². The van der Waals surface area contributed by atoms with E-state index in [0.29, 0.717) is 11.4 Å². The highest BCUT2D eigenvalue weighted by atomic mass is 32.1. The number of fused-ring (bicyclic) bond motifs is 1. The van der Waals surface area contributed by atoms with Gasteiger partial charge in [-0.25, -0.2) is 4.98 Å². The normalized spacial score (nSPS) is 12.3. The van der Waals surface area contributed by atoms with E-state index in [2.05, 4.69) is 27.3 Å². The summed E-state index contributed by atoms with van der Waals surface area (Å²) >= 11 is 3.12. The summed E-state index contributed by atoms with van der Waals surface area (Å²) in [5, 5.41) is 4.03. The van der Waals surface area contributed by atoms with Gasteiger partial charge in [-0.2, -0.15) is 0 Å². The molecule has 0 fully saturated rings. The Kier molecular flexibility index (Phi) is 6.13. The lowest BCUT2D eigenvalue weighted by Gasteiger charge is -2.25. The molecule has 7 heteroatoms. The third-order valence-corrected chi connectivity index (χ3v) is 7.18. The number of rotatable bonds is 7. The minimum atomic E-state index is -0.0675. The zero-order valence-electron chi connectivity index (χ0n) is 17.1. The molecule has 0 radical (unpaired) electrons. The van der Waals surface area contributed by atoms with Gasteiger partial charge in [0.05, 0.1) is 33.1 Å². The van der Waals surface area contributed by atoms with Crippen LogP contribution in [0.25, 0.3) is 20.1 Å². The predicted molar refractivity (Wildman–Crippen MR) is 125 cm³/mol. The summed E-state index contributed by atoms with van der Waals surface area (Å²) in [5.74, 6) is 0.742. The van der Waals surface area contributed by atoms with Crippen LogP contribution in [0.15, 0.2) is 60.7 Å². The van der Waals surface area contributed by atoms with Gasteiger partial charge in [0.15, 0.2) is 0 Å². The lowest BCUT2D eigenvalue weighted by molar-refractivity contribution is 0.0946. The van der Waals surface area contributed by atoms with E-state index >= 15 is 0 Å². The van der Waals surface area contributed by atoms with Crippen LogP contribution in [0.1, 0.15) is 21.3 Å². The molecule has 2 aromatic heterocycles. The van der Waals surface area contributed by atoms with E-state index in [9.17, 15) is 4.79 Å². The lowest BCUT2D eigenvalue weighted by Crippen LogP contribution is -2.34. The number of hydrogen-bond donors (Lipinski definition) is 1. The minimum absolute atomic E-state index is 0.0488. The Morgan fingerprint density at radius 2 is 1.93 bits per heavy atom. The molecule has 0 aliphatic heterocycles. The Morgan fingerprint density at radius 1 is 1.10 bits per heavy atom. The Labute approximate surface area is 184 Å². The second-order valence-electron chi connectivity index (χ2n) is 7.12. The number of nitrogens with zero attached hydrogens (tertiary/aromatic N) is 2. The second kappa shape index (κ2) is 8.95. The number of likely N-dealkylation sites (N-methyl/N-ethyl adjacent to an activating group) is 1. The van der Waals surface area contributed by atoms with Gasteiger partial charge < -0.3 is 15.0 Å². The number of aromatic nitrogens is 1. The summed E-state index contributed by atoms with van der Waals surface area (Å²) in [6, 6.07) is 19.9. The zero-order valence-corrected chi connectivity index (χ0v) is 18.7. The van der Waals surface area contributed by atoms with Crippen LogP contribution in [0.5, 0.6) is 5.75 Å². The smallest absolute Gasteiger partial charge is 0.261 e. The number of amides is 1. The summed E-state index contributed by atoms with van der Waals surface area (Å²) in [6.45, 7) is 0.507. The van der Waals surface area contributed by atoms with Crippen molar-refractivity contribution in [1.29, 1.82) is 0 Å². The molecule has 154 valence electrons. The number of para-hydroxylation sites is 1. The molecule has 0 saturated carbocycles. The quantitative estimate of drug-likeness (QED) is 0.439. The molecule has 1 atom stereocenters. The van der Waals surface area contributed by atoms with Gasteiger partial charge >= 0.3 is 0 Å². The van der Waals surface area contributed by atoms with E-state index in [-0.39, 0.29) is 11.9 Å². The monoisotopic (exact) mass is 437 g/mol. The van der Waals surface area contributed by atoms with Crippen molar-refractivity contribution in [2.45, 2.75) is 6.04 Å². The van der Waals surface area contributed by atoms with Crippen molar-refractivity contribution >= 4 is 38.8 Å².